The molecule has 4 aromatic carbocycles. The first-order valence-corrected chi connectivity index (χ1v) is 11.1. The van der Waals surface area contributed by atoms with Crippen LogP contribution in [0.4, 0.5) is 22.7 Å². The number of hydrogen-bond acceptors (Lipinski definition) is 7. The Bertz CT molecular complexity index is 1310. The van der Waals surface area contributed by atoms with Gasteiger partial charge in [-0.15, -0.1) is 0 Å². The average molecular weight is 451 g/mol. The van der Waals surface area contributed by atoms with Crippen LogP contribution in [0.5, 0.6) is 0 Å². The summed E-state index contributed by atoms with van der Waals surface area (Å²) in [4.78, 5) is 0. The van der Waals surface area contributed by atoms with Crippen LogP contribution in [0.15, 0.2) is 36.4 Å². The Hall–Kier alpha value is -2.55. The van der Waals surface area contributed by atoms with Crippen LogP contribution in [0.1, 0.15) is 0 Å². The Kier molecular flexibility index (Phi) is 5.02. The van der Waals surface area contributed by atoms with Crippen LogP contribution in [-0.4, -0.2) is 26.3 Å². The smallest absolute Gasteiger partial charge is 0.0552 e. The molecule has 5 N–H and O–H groups in total. The lowest BCUT2D eigenvalue weighted by Gasteiger charge is -2.22. The van der Waals surface area contributed by atoms with Crippen LogP contribution in [-0.2, 0) is 33.8 Å². The number of anilines is 4. The summed E-state index contributed by atoms with van der Waals surface area (Å²) in [5, 5.41) is 3.19. The fourth-order valence-electron chi connectivity index (χ4n) is 3.54. The molecule has 0 aromatic heterocycles. The van der Waals surface area contributed by atoms with E-state index in [4.69, 9.17) is 5.73 Å². The number of benzene rings is 4. The maximum Gasteiger partial charge on any atom is 0.0552 e. The molecule has 0 radical (unpaired) electrons. The van der Waals surface area contributed by atoms with Gasteiger partial charge in [0, 0.05) is 71.8 Å². The SMILES string of the molecule is Nc1cc(NS(=O)[O-])c2ccc3c(NS(=O)[O-])cc(NS(=O)[O-])c4ccc1c2c43. The molecule has 152 valence electrons. The number of hydrogen-bond donors (Lipinski definition) is 4. The fourth-order valence-corrected chi connectivity index (χ4v) is 4.59. The van der Waals surface area contributed by atoms with Crippen molar-refractivity contribution in [1.29, 1.82) is 0 Å². The summed E-state index contributed by atoms with van der Waals surface area (Å²) in [5.41, 5.74) is 6.95. The minimum atomic E-state index is -2.66. The molecule has 4 rings (SSSR count). The van der Waals surface area contributed by atoms with Crippen molar-refractivity contribution in [3.05, 3.63) is 36.4 Å². The van der Waals surface area contributed by atoms with E-state index in [2.05, 4.69) is 14.2 Å². The minimum Gasteiger partial charge on any atom is -0.755 e. The van der Waals surface area contributed by atoms with E-state index >= 15 is 0 Å². The van der Waals surface area contributed by atoms with Crippen molar-refractivity contribution < 1.29 is 26.3 Å². The Morgan fingerprint density at radius 2 is 0.966 bits per heavy atom. The Morgan fingerprint density at radius 3 is 1.38 bits per heavy atom. The molecule has 0 fully saturated rings. The molecule has 0 amide bonds. The van der Waals surface area contributed by atoms with E-state index < -0.39 is 33.8 Å². The van der Waals surface area contributed by atoms with Gasteiger partial charge in [-0.25, -0.2) is 0 Å². The van der Waals surface area contributed by atoms with Gasteiger partial charge in [-0.05, 0) is 12.1 Å². The lowest BCUT2D eigenvalue weighted by atomic mass is 9.91. The van der Waals surface area contributed by atoms with Gasteiger partial charge in [0.2, 0.25) is 0 Å². The number of nitrogens with two attached hydrogens (primary N) is 1. The van der Waals surface area contributed by atoms with Crippen molar-refractivity contribution in [2.75, 3.05) is 19.9 Å². The molecule has 0 bridgehead atoms. The normalized spacial score (nSPS) is 14.9. The van der Waals surface area contributed by atoms with E-state index in [9.17, 15) is 26.3 Å². The van der Waals surface area contributed by atoms with Gasteiger partial charge < -0.3 is 33.6 Å². The molecule has 0 aliphatic heterocycles. The number of nitrogens with one attached hydrogen (secondary N) is 3. The summed E-state index contributed by atoms with van der Waals surface area (Å²) < 4.78 is 74.1. The molecule has 0 aliphatic carbocycles. The van der Waals surface area contributed by atoms with Gasteiger partial charge in [-0.2, -0.15) is 0 Å². The van der Waals surface area contributed by atoms with Gasteiger partial charge in [0.05, 0.1) is 17.1 Å². The first kappa shape index (κ1) is 19.8. The standard InChI is InChI=1S/C16H14N4O6S3/c17-11-5-12(18-27(21)22)8-3-4-10-14(20-29(25)26)6-13(19-28(23)24)9-2-1-7(11)15(8)16(9)10/h1-6,18-20H,17H2,(H,21,22)(H,23,24)(H,25,26)/p-3. The highest BCUT2D eigenvalue weighted by Gasteiger charge is 2.18. The average Bonchev–Trinajstić information content (AvgIpc) is 2.62. The van der Waals surface area contributed by atoms with Crippen LogP contribution in [0.25, 0.3) is 32.3 Å². The Balaban J connectivity index is 2.19. The van der Waals surface area contributed by atoms with Gasteiger partial charge >= 0.3 is 0 Å². The lowest BCUT2D eigenvalue weighted by molar-refractivity contribution is 0.541. The second-order valence-electron chi connectivity index (χ2n) is 6.07. The lowest BCUT2D eigenvalue weighted by Crippen LogP contribution is -2.08. The predicted octanol–water partition coefficient (Wildman–Crippen LogP) is 1.78. The summed E-state index contributed by atoms with van der Waals surface area (Å²) in [6.45, 7) is 0. The molecule has 0 saturated carbocycles. The molecule has 29 heavy (non-hydrogen) atoms. The molecule has 3 atom stereocenters. The monoisotopic (exact) mass is 451 g/mol. The molecule has 0 heterocycles. The Morgan fingerprint density at radius 1 is 0.621 bits per heavy atom. The molecule has 4 aromatic rings. The van der Waals surface area contributed by atoms with E-state index in [-0.39, 0.29) is 17.1 Å². The summed E-state index contributed by atoms with van der Waals surface area (Å²) >= 11 is -7.91. The second kappa shape index (κ2) is 7.37. The third-order valence-electron chi connectivity index (χ3n) is 4.51. The summed E-state index contributed by atoms with van der Waals surface area (Å²) in [7, 11) is 0. The maximum absolute atomic E-state index is 11.2. The number of rotatable bonds is 6. The zero-order valence-corrected chi connectivity index (χ0v) is 16.7. The minimum absolute atomic E-state index is 0.150. The molecule has 3 unspecified atom stereocenters. The highest BCUT2D eigenvalue weighted by Crippen LogP contribution is 2.45. The topological polar surface area (TPSA) is 182 Å². The molecule has 0 aliphatic rings. The van der Waals surface area contributed by atoms with Crippen LogP contribution in [0.3, 0.4) is 0 Å². The van der Waals surface area contributed by atoms with Gasteiger partial charge in [0.25, 0.3) is 0 Å². The molecule has 10 nitrogen and oxygen atoms in total. The van der Waals surface area contributed by atoms with Gasteiger partial charge in [-0.3, -0.25) is 12.6 Å². The van der Waals surface area contributed by atoms with Crippen molar-refractivity contribution in [3.63, 3.8) is 0 Å². The van der Waals surface area contributed by atoms with E-state index in [1.54, 1.807) is 24.3 Å². The highest BCUT2D eigenvalue weighted by atomic mass is 32.2. The van der Waals surface area contributed by atoms with E-state index in [1.807, 2.05) is 0 Å². The first-order chi connectivity index (χ1) is 13.8. The molecule has 13 heteroatoms. The van der Waals surface area contributed by atoms with Gasteiger partial charge in [0.15, 0.2) is 0 Å². The van der Waals surface area contributed by atoms with E-state index in [0.717, 1.165) is 0 Å². The largest absolute Gasteiger partial charge is 0.755 e. The Labute approximate surface area is 171 Å². The van der Waals surface area contributed by atoms with Crippen LogP contribution in [0, 0.1) is 0 Å². The van der Waals surface area contributed by atoms with Crippen LogP contribution in [0.2, 0.25) is 0 Å². The first-order valence-electron chi connectivity index (χ1n) is 7.88. The quantitative estimate of drug-likeness (QED) is 0.196. The fraction of sp³-hybridized carbons (Fsp3) is 0. The van der Waals surface area contributed by atoms with Crippen molar-refractivity contribution in [2.45, 2.75) is 0 Å². The van der Waals surface area contributed by atoms with Crippen molar-refractivity contribution >= 4 is 88.9 Å². The van der Waals surface area contributed by atoms with Crippen LogP contribution >= 0.6 is 0 Å². The maximum atomic E-state index is 11.2. The molecular formula is C16H11N4O6S3-3. The number of nitrogen functional groups attached to an aromatic ring is 1. The zero-order chi connectivity index (χ0) is 20.9. The highest BCUT2D eigenvalue weighted by molar-refractivity contribution is 7.81. The van der Waals surface area contributed by atoms with E-state index in [1.165, 1.54) is 12.1 Å². The van der Waals surface area contributed by atoms with Crippen molar-refractivity contribution in [1.82, 2.24) is 0 Å². The zero-order valence-electron chi connectivity index (χ0n) is 14.2. The summed E-state index contributed by atoms with van der Waals surface area (Å²) in [5.74, 6) is 0. The summed E-state index contributed by atoms with van der Waals surface area (Å²) in [6.07, 6.45) is 0. The van der Waals surface area contributed by atoms with Gasteiger partial charge in [-0.1, -0.05) is 24.3 Å². The third-order valence-corrected chi connectivity index (χ3v) is 5.67. The van der Waals surface area contributed by atoms with Crippen molar-refractivity contribution in [3.8, 4) is 0 Å². The molecule has 0 saturated heterocycles. The second-order valence-corrected chi connectivity index (χ2v) is 8.09. The van der Waals surface area contributed by atoms with E-state index in [0.29, 0.717) is 38.0 Å². The van der Waals surface area contributed by atoms with Gasteiger partial charge in [0.1, 0.15) is 0 Å². The van der Waals surface area contributed by atoms with Crippen molar-refractivity contribution in [2.24, 2.45) is 0 Å². The molecular weight excluding hydrogens is 440 g/mol. The van der Waals surface area contributed by atoms with Crippen LogP contribution < -0.4 is 19.9 Å². The predicted molar refractivity (Wildman–Crippen MR) is 112 cm³/mol. The third kappa shape index (κ3) is 3.48. The molecule has 0 spiro atoms. The summed E-state index contributed by atoms with van der Waals surface area (Å²) in [6, 6.07) is 9.45.